The number of ketones is 1. The van der Waals surface area contributed by atoms with Crippen LogP contribution in [0.25, 0.3) is 0 Å². The number of allylic oxidation sites excluding steroid dienone is 3. The minimum Gasteiger partial charge on any atom is -0.336 e. The molecule has 0 amide bonds. The van der Waals surface area contributed by atoms with Crippen LogP contribution in [-0.4, -0.2) is 5.78 Å². The molecule has 1 aliphatic rings. The van der Waals surface area contributed by atoms with Crippen molar-refractivity contribution in [1.29, 1.82) is 0 Å². The number of carbonyl (C=O) groups is 1. The third-order valence-electron chi connectivity index (χ3n) is 1.99. The summed E-state index contributed by atoms with van der Waals surface area (Å²) in [5.41, 5.74) is 1.07. The maximum Gasteiger partial charge on any atom is 0.136 e. The topological polar surface area (TPSA) is 29.1 Å². The zero-order chi connectivity index (χ0) is 8.97. The van der Waals surface area contributed by atoms with E-state index in [1.165, 1.54) is 0 Å². The van der Waals surface area contributed by atoms with Gasteiger partial charge in [0.05, 0.1) is 0 Å². The Balaban J connectivity index is 2.64. The van der Waals surface area contributed by atoms with Crippen LogP contribution < -0.4 is 4.72 Å². The molecular weight excluding hydrogens is 170 g/mol. The minimum absolute atomic E-state index is 0.0594. The van der Waals surface area contributed by atoms with Gasteiger partial charge < -0.3 is 4.72 Å². The molecule has 1 atom stereocenters. The Kier molecular flexibility index (Phi) is 3.41. The van der Waals surface area contributed by atoms with Gasteiger partial charge in [0, 0.05) is 18.0 Å². The first-order chi connectivity index (χ1) is 5.74. The molecule has 0 aromatic heterocycles. The second-order valence-electron chi connectivity index (χ2n) is 2.93. The standard InChI is InChI=1S/C9H13NOS/c1-7(11)8-3-2-4-9(10-12)6-5-8/h2-3,6,8,10,12H,4-5H2,1H3. The predicted octanol–water partition coefficient (Wildman–Crippen LogP) is 1.86. The van der Waals surface area contributed by atoms with Gasteiger partial charge in [0.15, 0.2) is 0 Å². The summed E-state index contributed by atoms with van der Waals surface area (Å²) >= 11 is 3.96. The zero-order valence-electron chi connectivity index (χ0n) is 7.08. The van der Waals surface area contributed by atoms with Crippen LogP contribution in [0, 0.1) is 5.92 Å². The fourth-order valence-electron chi connectivity index (χ4n) is 1.18. The van der Waals surface area contributed by atoms with Crippen LogP contribution in [0.15, 0.2) is 23.9 Å². The first kappa shape index (κ1) is 9.39. The van der Waals surface area contributed by atoms with Crippen molar-refractivity contribution in [2.45, 2.75) is 19.8 Å². The molecule has 1 aliphatic carbocycles. The number of nitrogens with one attached hydrogen (secondary N) is 1. The first-order valence-electron chi connectivity index (χ1n) is 4.00. The largest absolute Gasteiger partial charge is 0.336 e. The number of carbonyl (C=O) groups excluding carboxylic acids is 1. The molecule has 0 heterocycles. The Hall–Kier alpha value is -0.700. The average Bonchev–Trinajstić information content (AvgIpc) is 2.28. The molecule has 0 aromatic rings. The van der Waals surface area contributed by atoms with Crippen LogP contribution in [0.3, 0.4) is 0 Å². The highest BCUT2D eigenvalue weighted by atomic mass is 32.1. The van der Waals surface area contributed by atoms with Gasteiger partial charge >= 0.3 is 0 Å². The lowest BCUT2D eigenvalue weighted by molar-refractivity contribution is -0.119. The highest BCUT2D eigenvalue weighted by Gasteiger charge is 2.11. The molecule has 0 saturated heterocycles. The summed E-state index contributed by atoms with van der Waals surface area (Å²) in [5, 5.41) is 0. The summed E-state index contributed by atoms with van der Waals surface area (Å²) in [6.07, 6.45) is 7.63. The molecule has 2 nitrogen and oxygen atoms in total. The molecule has 3 heteroatoms. The fraction of sp³-hybridized carbons (Fsp3) is 0.444. The van der Waals surface area contributed by atoms with E-state index in [0.29, 0.717) is 0 Å². The van der Waals surface area contributed by atoms with Crippen LogP contribution in [0.4, 0.5) is 0 Å². The molecule has 0 aromatic carbocycles. The molecule has 66 valence electrons. The van der Waals surface area contributed by atoms with Crippen LogP contribution in [0.5, 0.6) is 0 Å². The Morgan fingerprint density at radius 3 is 3.08 bits per heavy atom. The van der Waals surface area contributed by atoms with Gasteiger partial charge in [-0.25, -0.2) is 0 Å². The van der Waals surface area contributed by atoms with Gasteiger partial charge in [0.1, 0.15) is 5.78 Å². The van der Waals surface area contributed by atoms with Gasteiger partial charge in [0.25, 0.3) is 0 Å². The Morgan fingerprint density at radius 2 is 2.50 bits per heavy atom. The minimum atomic E-state index is 0.0594. The molecule has 0 fully saturated rings. The molecule has 0 spiro atoms. The van der Waals surface area contributed by atoms with Crippen molar-refractivity contribution in [1.82, 2.24) is 4.72 Å². The molecule has 1 unspecified atom stereocenters. The second kappa shape index (κ2) is 4.36. The van der Waals surface area contributed by atoms with E-state index in [4.69, 9.17) is 0 Å². The zero-order valence-corrected chi connectivity index (χ0v) is 7.97. The smallest absolute Gasteiger partial charge is 0.136 e. The highest BCUT2D eigenvalue weighted by molar-refractivity contribution is 7.78. The summed E-state index contributed by atoms with van der Waals surface area (Å²) < 4.78 is 2.80. The lowest BCUT2D eigenvalue weighted by Gasteiger charge is -2.03. The summed E-state index contributed by atoms with van der Waals surface area (Å²) in [6.45, 7) is 1.63. The van der Waals surface area contributed by atoms with Crippen molar-refractivity contribution in [3.05, 3.63) is 23.9 Å². The lowest BCUT2D eigenvalue weighted by atomic mass is 10.0. The van der Waals surface area contributed by atoms with Crippen molar-refractivity contribution in [2.24, 2.45) is 5.92 Å². The van der Waals surface area contributed by atoms with Crippen molar-refractivity contribution in [2.75, 3.05) is 0 Å². The summed E-state index contributed by atoms with van der Waals surface area (Å²) in [7, 11) is 0. The van der Waals surface area contributed by atoms with E-state index in [9.17, 15) is 4.79 Å². The monoisotopic (exact) mass is 183 g/mol. The summed E-state index contributed by atoms with van der Waals surface area (Å²) in [5.74, 6) is 0.284. The van der Waals surface area contributed by atoms with E-state index in [0.717, 1.165) is 18.5 Å². The molecule has 0 saturated carbocycles. The second-order valence-corrected chi connectivity index (χ2v) is 3.15. The van der Waals surface area contributed by atoms with E-state index in [2.05, 4.69) is 17.5 Å². The number of rotatable bonds is 2. The quantitative estimate of drug-likeness (QED) is 0.505. The van der Waals surface area contributed by atoms with E-state index in [1.807, 2.05) is 18.2 Å². The predicted molar refractivity (Wildman–Crippen MR) is 52.7 cm³/mol. The molecular formula is C9H13NOS. The first-order valence-corrected chi connectivity index (χ1v) is 4.45. The van der Waals surface area contributed by atoms with Crippen LogP contribution in [0.2, 0.25) is 0 Å². The van der Waals surface area contributed by atoms with Gasteiger partial charge in [-0.05, 0) is 13.3 Å². The van der Waals surface area contributed by atoms with Crippen LogP contribution in [0.1, 0.15) is 19.8 Å². The number of hydrogen-bond donors (Lipinski definition) is 2. The van der Waals surface area contributed by atoms with Gasteiger partial charge in [0.2, 0.25) is 0 Å². The SMILES string of the molecule is CC(=O)C1C=CCC(NS)=CC1. The van der Waals surface area contributed by atoms with E-state index in [-0.39, 0.29) is 11.7 Å². The number of Topliss-reactive ketones (excluding diaryl/α,β-unsaturated/α-hetero) is 1. The molecule has 0 aliphatic heterocycles. The molecule has 1 rings (SSSR count). The van der Waals surface area contributed by atoms with Gasteiger partial charge in [-0.15, -0.1) is 0 Å². The third-order valence-corrected chi connectivity index (χ3v) is 2.28. The Bertz CT molecular complexity index is 233. The average molecular weight is 183 g/mol. The van der Waals surface area contributed by atoms with Crippen molar-refractivity contribution < 1.29 is 4.79 Å². The van der Waals surface area contributed by atoms with Crippen LogP contribution in [-0.2, 0) is 4.79 Å². The van der Waals surface area contributed by atoms with E-state index >= 15 is 0 Å². The third kappa shape index (κ3) is 2.41. The van der Waals surface area contributed by atoms with Gasteiger partial charge in [-0.3, -0.25) is 4.79 Å². The fourth-order valence-corrected chi connectivity index (χ4v) is 1.37. The lowest BCUT2D eigenvalue weighted by Crippen LogP contribution is -2.06. The maximum absolute atomic E-state index is 11.0. The maximum atomic E-state index is 11.0. The molecule has 0 bridgehead atoms. The van der Waals surface area contributed by atoms with Gasteiger partial charge in [-0.2, -0.15) is 0 Å². The molecule has 0 radical (unpaired) electrons. The summed E-state index contributed by atoms with van der Waals surface area (Å²) in [6, 6.07) is 0. The van der Waals surface area contributed by atoms with Gasteiger partial charge in [-0.1, -0.05) is 31.0 Å². The van der Waals surface area contributed by atoms with Crippen molar-refractivity contribution in [3.8, 4) is 0 Å². The van der Waals surface area contributed by atoms with E-state index in [1.54, 1.807) is 6.92 Å². The Labute approximate surface area is 78.3 Å². The van der Waals surface area contributed by atoms with Crippen molar-refractivity contribution in [3.63, 3.8) is 0 Å². The molecule has 12 heavy (non-hydrogen) atoms. The van der Waals surface area contributed by atoms with E-state index < -0.39 is 0 Å². The Morgan fingerprint density at radius 1 is 1.75 bits per heavy atom. The number of thiol groups is 1. The summed E-state index contributed by atoms with van der Waals surface area (Å²) in [4.78, 5) is 11.0. The number of hydrogen-bond acceptors (Lipinski definition) is 3. The van der Waals surface area contributed by atoms with Crippen LogP contribution >= 0.6 is 12.8 Å². The normalized spacial score (nSPS) is 22.8. The molecule has 1 N–H and O–H groups in total. The highest BCUT2D eigenvalue weighted by Crippen LogP contribution is 2.15. The van der Waals surface area contributed by atoms with Crippen molar-refractivity contribution >= 4 is 18.6 Å².